The lowest BCUT2D eigenvalue weighted by Crippen LogP contribution is -2.60. The van der Waals surface area contributed by atoms with E-state index in [9.17, 15) is 0 Å². The molecule has 0 saturated carbocycles. The monoisotopic (exact) mass is 935 g/mol. The largest absolute Gasteiger partial charge is 0.311 e. The molecule has 16 rings (SSSR count). The Bertz CT molecular complexity index is 4490. The van der Waals surface area contributed by atoms with Crippen molar-refractivity contribution in [1.82, 2.24) is 9.13 Å². The van der Waals surface area contributed by atoms with Gasteiger partial charge >= 0.3 is 0 Å². The molecule has 4 aliphatic rings. The number of hydrogen-bond donors (Lipinski definition) is 0. The van der Waals surface area contributed by atoms with Gasteiger partial charge in [-0.2, -0.15) is 0 Å². The van der Waals surface area contributed by atoms with Crippen LogP contribution in [0.1, 0.15) is 77.6 Å². The third-order valence-corrected chi connectivity index (χ3v) is 17.7. The molecule has 2 aromatic heterocycles. The standard InChI is InChI=1S/C69H54BN3/c1-67(2,3)40-28-31-42(32-29-40)71-55-34-30-41(68(4,5)6)35-52(55)70-53-38-50-46-20-11-13-24-51(46)69(7,8)64(50)62-49-21-12-14-25-54(49)73(66(53)62)59-37-43(36-58(71)65(59)70)72-56-26-16-23-48-45-19-10-9-18-44(45)47-22-15-17-39-27-33-57(72)63(60(39)47)61(48)56/h9-38H,1-8H3. The maximum absolute atomic E-state index is 2.68. The molecule has 0 fully saturated rings. The fourth-order valence-corrected chi connectivity index (χ4v) is 14.4. The van der Waals surface area contributed by atoms with Crippen LogP contribution in [0.2, 0.25) is 0 Å². The van der Waals surface area contributed by atoms with Crippen LogP contribution in [0.3, 0.4) is 0 Å². The lowest BCUT2D eigenvalue weighted by atomic mass is 9.33. The summed E-state index contributed by atoms with van der Waals surface area (Å²) >= 11 is 0. The van der Waals surface area contributed by atoms with E-state index >= 15 is 0 Å². The third-order valence-electron chi connectivity index (χ3n) is 17.7. The van der Waals surface area contributed by atoms with Gasteiger partial charge in [0.2, 0.25) is 0 Å². The molecule has 2 aliphatic heterocycles. The summed E-state index contributed by atoms with van der Waals surface area (Å²) in [6, 6.07) is 70.7. The van der Waals surface area contributed by atoms with Crippen LogP contribution in [0.25, 0.3) is 99.1 Å². The molecule has 0 N–H and O–H groups in total. The summed E-state index contributed by atoms with van der Waals surface area (Å²) in [5.74, 6) is 0. The topological polar surface area (TPSA) is 13.1 Å². The zero-order valence-corrected chi connectivity index (χ0v) is 42.7. The van der Waals surface area contributed by atoms with Crippen molar-refractivity contribution in [2.24, 2.45) is 0 Å². The molecule has 3 nitrogen and oxygen atoms in total. The minimum atomic E-state index is -0.196. The second-order valence-electron chi connectivity index (χ2n) is 24.1. The Balaban J connectivity index is 1.10. The van der Waals surface area contributed by atoms with Gasteiger partial charge in [0.1, 0.15) is 0 Å². The normalized spacial score (nSPS) is 14.6. The third kappa shape index (κ3) is 5.21. The first kappa shape index (κ1) is 41.5. The smallest absolute Gasteiger partial charge is 0.252 e. The molecule has 10 aromatic carbocycles. The van der Waals surface area contributed by atoms with Gasteiger partial charge in [0.15, 0.2) is 0 Å². The number of rotatable bonds is 2. The number of fused-ring (bicyclic) bond motifs is 14. The predicted octanol–water partition coefficient (Wildman–Crippen LogP) is 16.2. The van der Waals surface area contributed by atoms with Gasteiger partial charge < -0.3 is 14.0 Å². The highest BCUT2D eigenvalue weighted by atomic mass is 15.2. The Morgan fingerprint density at radius 3 is 1.81 bits per heavy atom. The van der Waals surface area contributed by atoms with Crippen molar-refractivity contribution < 1.29 is 0 Å². The molecule has 73 heavy (non-hydrogen) atoms. The van der Waals surface area contributed by atoms with Crippen molar-refractivity contribution in [3.8, 4) is 44.8 Å². The van der Waals surface area contributed by atoms with E-state index in [2.05, 4.69) is 251 Å². The van der Waals surface area contributed by atoms with Gasteiger partial charge in [-0.1, -0.05) is 189 Å². The summed E-state index contributed by atoms with van der Waals surface area (Å²) in [6.07, 6.45) is 0. The molecule has 0 bridgehead atoms. The van der Waals surface area contributed by atoms with Crippen molar-refractivity contribution in [2.75, 3.05) is 4.90 Å². The minimum absolute atomic E-state index is 0.0185. The Labute approximate surface area is 427 Å². The van der Waals surface area contributed by atoms with E-state index in [1.54, 1.807) is 0 Å². The zero-order valence-electron chi connectivity index (χ0n) is 42.7. The van der Waals surface area contributed by atoms with Gasteiger partial charge in [-0.05, 0) is 142 Å². The van der Waals surface area contributed by atoms with Crippen LogP contribution in [0, 0.1) is 0 Å². The van der Waals surface area contributed by atoms with E-state index in [-0.39, 0.29) is 23.0 Å². The van der Waals surface area contributed by atoms with Crippen LogP contribution in [0.15, 0.2) is 182 Å². The first-order valence-electron chi connectivity index (χ1n) is 26.3. The van der Waals surface area contributed by atoms with E-state index < -0.39 is 0 Å². The van der Waals surface area contributed by atoms with Crippen LogP contribution in [0.5, 0.6) is 0 Å². The summed E-state index contributed by atoms with van der Waals surface area (Å²) in [6.45, 7) is 18.9. The molecule has 2 aliphatic carbocycles. The van der Waals surface area contributed by atoms with Gasteiger partial charge in [-0.25, -0.2) is 0 Å². The second-order valence-corrected chi connectivity index (χ2v) is 24.1. The zero-order chi connectivity index (χ0) is 49.2. The maximum Gasteiger partial charge on any atom is 0.252 e. The molecule has 4 heterocycles. The molecule has 12 aromatic rings. The SMILES string of the molecule is CC(C)(C)c1ccc(N2c3ccc(C(C)(C)C)cc3B3c4c2cc(-n2c5cccc6c5c5c7c(cccc7ccc52)-c2ccccc2-6)cc4-n2c4ccccc4c4c5c(cc3c42)-c2ccccc2C5(C)C)cc1. The Kier molecular flexibility index (Phi) is 7.79. The van der Waals surface area contributed by atoms with Crippen molar-refractivity contribution in [2.45, 2.75) is 71.6 Å². The number of benzene rings is 10. The summed E-state index contributed by atoms with van der Waals surface area (Å²) in [4.78, 5) is 2.61. The highest BCUT2D eigenvalue weighted by Gasteiger charge is 2.47. The minimum Gasteiger partial charge on any atom is -0.311 e. The van der Waals surface area contributed by atoms with E-state index in [0.717, 1.165) is 5.69 Å². The number of nitrogens with zero attached hydrogens (tertiary/aromatic N) is 3. The van der Waals surface area contributed by atoms with Gasteiger partial charge in [0, 0.05) is 55.2 Å². The summed E-state index contributed by atoms with van der Waals surface area (Å²) < 4.78 is 5.29. The Hall–Kier alpha value is -8.08. The molecular formula is C69H54BN3. The van der Waals surface area contributed by atoms with Crippen molar-refractivity contribution in [3.63, 3.8) is 0 Å². The highest BCUT2D eigenvalue weighted by molar-refractivity contribution is 7.00. The van der Waals surface area contributed by atoms with Crippen LogP contribution in [-0.4, -0.2) is 15.8 Å². The average molecular weight is 936 g/mol. The molecule has 0 spiro atoms. The number of anilines is 3. The average Bonchev–Trinajstić information content (AvgIpc) is 4.04. The molecule has 0 unspecified atom stereocenters. The van der Waals surface area contributed by atoms with Crippen molar-refractivity contribution >= 4 is 94.5 Å². The highest BCUT2D eigenvalue weighted by Crippen LogP contribution is 2.55. The fraction of sp³-hybridized carbons (Fsp3) is 0.159. The van der Waals surface area contributed by atoms with Crippen LogP contribution in [0.4, 0.5) is 17.1 Å². The van der Waals surface area contributed by atoms with Gasteiger partial charge in [-0.15, -0.1) is 0 Å². The van der Waals surface area contributed by atoms with Gasteiger partial charge in [0.25, 0.3) is 6.71 Å². The molecule has 4 heteroatoms. The number of aromatic nitrogens is 2. The quantitative estimate of drug-likeness (QED) is 0.157. The van der Waals surface area contributed by atoms with Crippen molar-refractivity contribution in [3.05, 3.63) is 204 Å². The number of hydrogen-bond acceptors (Lipinski definition) is 1. The summed E-state index contributed by atoms with van der Waals surface area (Å²) in [5, 5.41) is 7.94. The second kappa shape index (κ2) is 13.7. The molecule has 348 valence electrons. The Morgan fingerprint density at radius 2 is 1.04 bits per heavy atom. The number of para-hydroxylation sites is 1. The van der Waals surface area contributed by atoms with Crippen molar-refractivity contribution in [1.29, 1.82) is 0 Å². The van der Waals surface area contributed by atoms with Gasteiger partial charge in [-0.3, -0.25) is 0 Å². The molecule has 0 radical (unpaired) electrons. The fourth-order valence-electron chi connectivity index (χ4n) is 14.4. The van der Waals surface area contributed by atoms with Gasteiger partial charge in [0.05, 0.1) is 22.2 Å². The van der Waals surface area contributed by atoms with Crippen LogP contribution < -0.4 is 21.3 Å². The molecule has 0 amide bonds. The predicted molar refractivity (Wildman–Crippen MR) is 311 cm³/mol. The molecule has 0 saturated heterocycles. The van der Waals surface area contributed by atoms with E-state index in [4.69, 9.17) is 0 Å². The van der Waals surface area contributed by atoms with E-state index in [1.165, 1.54) is 149 Å². The van der Waals surface area contributed by atoms with E-state index in [0.29, 0.717) is 0 Å². The molecular weight excluding hydrogens is 882 g/mol. The Morgan fingerprint density at radius 1 is 0.411 bits per heavy atom. The summed E-state index contributed by atoms with van der Waals surface area (Å²) in [5.41, 5.74) is 28.3. The van der Waals surface area contributed by atoms with Crippen LogP contribution in [-0.2, 0) is 16.2 Å². The van der Waals surface area contributed by atoms with Crippen LogP contribution >= 0.6 is 0 Å². The lowest BCUT2D eigenvalue weighted by molar-refractivity contribution is 0.590. The van der Waals surface area contributed by atoms with E-state index in [1.807, 2.05) is 0 Å². The first-order chi connectivity index (χ1) is 35.3. The maximum atomic E-state index is 2.68. The lowest BCUT2D eigenvalue weighted by Gasteiger charge is -2.41. The summed E-state index contributed by atoms with van der Waals surface area (Å²) in [7, 11) is 0. The molecule has 0 atom stereocenters. The first-order valence-corrected chi connectivity index (χ1v) is 26.3.